The maximum atomic E-state index is 13.7. The third-order valence-corrected chi connectivity index (χ3v) is 4.69. The molecular formula is C16H10F3N5O3S. The average molecular weight is 409 g/mol. The molecule has 0 aliphatic carbocycles. The fraction of sp³-hybridized carbons (Fsp3) is 0.0625. The Bertz CT molecular complexity index is 1090. The number of hydrogen-bond donors (Lipinski definition) is 1. The summed E-state index contributed by atoms with van der Waals surface area (Å²) in [6.07, 6.45) is 1.42. The molecule has 28 heavy (non-hydrogen) atoms. The number of anilines is 1. The maximum absolute atomic E-state index is 13.7. The van der Waals surface area contributed by atoms with Gasteiger partial charge in [-0.2, -0.15) is 0 Å². The summed E-state index contributed by atoms with van der Waals surface area (Å²) < 4.78 is 41.5. The van der Waals surface area contributed by atoms with Gasteiger partial charge in [-0.05, 0) is 36.0 Å². The first-order chi connectivity index (χ1) is 13.3. The first-order valence-corrected chi connectivity index (χ1v) is 8.34. The van der Waals surface area contributed by atoms with Crippen LogP contribution in [0.15, 0.2) is 46.7 Å². The molecular weight excluding hydrogens is 399 g/mol. The number of amides is 1. The van der Waals surface area contributed by atoms with Crippen LogP contribution >= 0.6 is 11.8 Å². The van der Waals surface area contributed by atoms with Gasteiger partial charge in [0.1, 0.15) is 6.33 Å². The summed E-state index contributed by atoms with van der Waals surface area (Å²) in [6, 6.07) is 5.09. The number of rotatable bonds is 5. The number of nitrogens with one attached hydrogen (secondary N) is 1. The van der Waals surface area contributed by atoms with Gasteiger partial charge in [-0.25, -0.2) is 13.2 Å². The van der Waals surface area contributed by atoms with Crippen molar-refractivity contribution in [1.29, 1.82) is 0 Å². The lowest BCUT2D eigenvalue weighted by atomic mass is 10.2. The van der Waals surface area contributed by atoms with Crippen molar-refractivity contribution < 1.29 is 22.9 Å². The van der Waals surface area contributed by atoms with Crippen molar-refractivity contribution in [3.8, 4) is 0 Å². The van der Waals surface area contributed by atoms with E-state index in [9.17, 15) is 28.1 Å². The smallest absolute Gasteiger partial charge is 0.284 e. The molecule has 0 fully saturated rings. The van der Waals surface area contributed by atoms with Crippen LogP contribution in [0.25, 0.3) is 0 Å². The molecule has 1 amide bonds. The van der Waals surface area contributed by atoms with Crippen LogP contribution in [0.4, 0.5) is 24.5 Å². The number of aromatic nitrogens is 3. The second-order valence-electron chi connectivity index (χ2n) is 5.44. The summed E-state index contributed by atoms with van der Waals surface area (Å²) in [6.45, 7) is 0. The zero-order valence-electron chi connectivity index (χ0n) is 14.0. The fourth-order valence-corrected chi connectivity index (χ4v) is 3.02. The monoisotopic (exact) mass is 409 g/mol. The van der Waals surface area contributed by atoms with Crippen molar-refractivity contribution in [2.24, 2.45) is 7.05 Å². The third kappa shape index (κ3) is 3.81. The molecule has 0 atom stereocenters. The molecule has 144 valence electrons. The van der Waals surface area contributed by atoms with Crippen LogP contribution in [0.2, 0.25) is 0 Å². The molecule has 0 aliphatic heterocycles. The normalized spacial score (nSPS) is 10.7. The number of carbonyl (C=O) groups is 1. The van der Waals surface area contributed by atoms with Crippen LogP contribution in [-0.4, -0.2) is 25.6 Å². The standard InChI is InChI=1S/C16H10F3N5O3S/c1-23-7-20-22-16(23)28-12-5-2-8(6-11(12)24(26)27)15(25)21-10-4-3-9(17)13(18)14(10)19/h2-7H,1H3,(H,21,25). The molecule has 0 aliphatic rings. The number of nitro groups is 1. The summed E-state index contributed by atoms with van der Waals surface area (Å²) >= 11 is 0.971. The van der Waals surface area contributed by atoms with Crippen LogP contribution in [-0.2, 0) is 7.05 Å². The highest BCUT2D eigenvalue weighted by Crippen LogP contribution is 2.34. The SMILES string of the molecule is Cn1cnnc1Sc1ccc(C(=O)Nc2ccc(F)c(F)c2F)cc1[N+](=O)[O-]. The van der Waals surface area contributed by atoms with E-state index in [2.05, 4.69) is 15.5 Å². The predicted molar refractivity (Wildman–Crippen MR) is 92.5 cm³/mol. The van der Waals surface area contributed by atoms with E-state index in [0.29, 0.717) is 11.2 Å². The quantitative estimate of drug-likeness (QED) is 0.393. The number of nitro benzene ring substituents is 1. The maximum Gasteiger partial charge on any atom is 0.284 e. The van der Waals surface area contributed by atoms with Crippen LogP contribution < -0.4 is 5.32 Å². The highest BCUT2D eigenvalue weighted by atomic mass is 32.2. The first-order valence-electron chi connectivity index (χ1n) is 7.53. The van der Waals surface area contributed by atoms with Crippen molar-refractivity contribution >= 4 is 29.0 Å². The minimum Gasteiger partial charge on any atom is -0.319 e. The Morgan fingerprint density at radius 1 is 1.21 bits per heavy atom. The second-order valence-corrected chi connectivity index (χ2v) is 6.45. The first kappa shape index (κ1) is 19.4. The van der Waals surface area contributed by atoms with Gasteiger partial charge in [-0.1, -0.05) is 0 Å². The molecule has 0 bridgehead atoms. The minimum atomic E-state index is -1.74. The van der Waals surface area contributed by atoms with Gasteiger partial charge in [0.05, 0.1) is 15.5 Å². The van der Waals surface area contributed by atoms with Gasteiger partial charge >= 0.3 is 0 Å². The van der Waals surface area contributed by atoms with Gasteiger partial charge in [0.2, 0.25) is 0 Å². The topological polar surface area (TPSA) is 103 Å². The van der Waals surface area contributed by atoms with E-state index in [4.69, 9.17) is 0 Å². The molecule has 1 heterocycles. The third-order valence-electron chi connectivity index (χ3n) is 3.57. The molecule has 0 saturated carbocycles. The molecule has 8 nitrogen and oxygen atoms in total. The highest BCUT2D eigenvalue weighted by Gasteiger charge is 2.21. The van der Waals surface area contributed by atoms with E-state index >= 15 is 0 Å². The van der Waals surface area contributed by atoms with E-state index in [1.807, 2.05) is 0 Å². The zero-order valence-corrected chi connectivity index (χ0v) is 14.8. The van der Waals surface area contributed by atoms with E-state index < -0.39 is 34.0 Å². The van der Waals surface area contributed by atoms with Crippen LogP contribution in [0.1, 0.15) is 10.4 Å². The summed E-state index contributed by atoms with van der Waals surface area (Å²) in [5.41, 5.74) is -1.14. The predicted octanol–water partition coefficient (Wildman–Crippen LogP) is 3.54. The lowest BCUT2D eigenvalue weighted by molar-refractivity contribution is -0.387. The van der Waals surface area contributed by atoms with E-state index in [0.717, 1.165) is 23.9 Å². The number of carbonyl (C=O) groups excluding carboxylic acids is 1. The molecule has 0 unspecified atom stereocenters. The summed E-state index contributed by atoms with van der Waals surface area (Å²) in [4.78, 5) is 23.2. The fourth-order valence-electron chi connectivity index (χ4n) is 2.17. The molecule has 1 aromatic heterocycles. The number of halogens is 3. The van der Waals surface area contributed by atoms with Gasteiger partial charge in [-0.3, -0.25) is 14.9 Å². The number of benzene rings is 2. The lowest BCUT2D eigenvalue weighted by Gasteiger charge is -2.08. The zero-order chi connectivity index (χ0) is 20.4. The number of aryl methyl sites for hydroxylation is 1. The van der Waals surface area contributed by atoms with Crippen LogP contribution in [0.5, 0.6) is 0 Å². The van der Waals surface area contributed by atoms with Crippen LogP contribution in [0, 0.1) is 27.6 Å². The summed E-state index contributed by atoms with van der Waals surface area (Å²) in [7, 11) is 1.66. The number of nitrogens with zero attached hydrogens (tertiary/aromatic N) is 4. The van der Waals surface area contributed by atoms with Crippen LogP contribution in [0.3, 0.4) is 0 Å². The molecule has 0 radical (unpaired) electrons. The van der Waals surface area contributed by atoms with E-state index in [1.165, 1.54) is 18.5 Å². The minimum absolute atomic E-state index is 0.168. The Morgan fingerprint density at radius 3 is 2.61 bits per heavy atom. The largest absolute Gasteiger partial charge is 0.319 e. The molecule has 3 rings (SSSR count). The van der Waals surface area contributed by atoms with Crippen molar-refractivity contribution in [3.05, 3.63) is 69.8 Å². The highest BCUT2D eigenvalue weighted by molar-refractivity contribution is 7.99. The molecule has 1 N–H and O–H groups in total. The summed E-state index contributed by atoms with van der Waals surface area (Å²) in [5.74, 6) is -5.64. The van der Waals surface area contributed by atoms with Crippen molar-refractivity contribution in [3.63, 3.8) is 0 Å². The van der Waals surface area contributed by atoms with Gasteiger partial charge in [-0.15, -0.1) is 10.2 Å². The van der Waals surface area contributed by atoms with Gasteiger partial charge < -0.3 is 9.88 Å². The van der Waals surface area contributed by atoms with Crippen molar-refractivity contribution in [1.82, 2.24) is 14.8 Å². The van der Waals surface area contributed by atoms with Crippen molar-refractivity contribution in [2.45, 2.75) is 10.1 Å². The molecule has 3 aromatic rings. The Morgan fingerprint density at radius 2 is 1.96 bits per heavy atom. The molecule has 12 heteroatoms. The van der Waals surface area contributed by atoms with Crippen molar-refractivity contribution in [2.75, 3.05) is 5.32 Å². The van der Waals surface area contributed by atoms with Gasteiger partial charge in [0.15, 0.2) is 22.6 Å². The molecule has 0 spiro atoms. The van der Waals surface area contributed by atoms with Gasteiger partial charge in [0, 0.05) is 18.7 Å². The lowest BCUT2D eigenvalue weighted by Crippen LogP contribution is -2.14. The Balaban J connectivity index is 1.89. The van der Waals surface area contributed by atoms with E-state index in [1.54, 1.807) is 11.6 Å². The Labute approximate surface area is 159 Å². The Hall–Kier alpha value is -3.41. The average Bonchev–Trinajstić information content (AvgIpc) is 3.07. The molecule has 2 aromatic carbocycles. The van der Waals surface area contributed by atoms with E-state index in [-0.39, 0.29) is 16.1 Å². The Kier molecular flexibility index (Phi) is 5.31. The number of hydrogen-bond acceptors (Lipinski definition) is 6. The molecule has 0 saturated heterocycles. The summed E-state index contributed by atoms with van der Waals surface area (Å²) in [5, 5.41) is 21.3. The second kappa shape index (κ2) is 7.68. The van der Waals surface area contributed by atoms with Gasteiger partial charge in [0.25, 0.3) is 11.6 Å².